The number of carboxylic acids is 1. The number of carbonyl (C=O) groups excluding carboxylic acids is 2. The van der Waals surface area contributed by atoms with Gasteiger partial charge in [-0.15, -0.1) is 0 Å². The SMILES string of the molecule is COC(=O)c1cccc(-c2ccccc2)c1-c1cccc(CN(C(=O)CN(C)S(=O)(=O)c2ccc(C)cc2)c2ccc(C(=O)O)c(O)c2)c1. The van der Waals surface area contributed by atoms with Gasteiger partial charge in [-0.05, 0) is 65.6 Å². The highest BCUT2D eigenvalue weighted by molar-refractivity contribution is 7.89. The van der Waals surface area contributed by atoms with Gasteiger partial charge in [0.2, 0.25) is 15.9 Å². The molecule has 0 fully saturated rings. The van der Waals surface area contributed by atoms with E-state index >= 15 is 0 Å². The Morgan fingerprint density at radius 3 is 2.10 bits per heavy atom. The molecule has 11 heteroatoms. The van der Waals surface area contributed by atoms with E-state index in [1.165, 1.54) is 43.3 Å². The summed E-state index contributed by atoms with van der Waals surface area (Å²) in [4.78, 5) is 39.8. The van der Waals surface area contributed by atoms with Gasteiger partial charge in [0.25, 0.3) is 0 Å². The van der Waals surface area contributed by atoms with Crippen molar-refractivity contribution in [1.29, 1.82) is 0 Å². The summed E-state index contributed by atoms with van der Waals surface area (Å²) in [6.07, 6.45) is 0. The number of aromatic carboxylic acids is 1. The largest absolute Gasteiger partial charge is 0.507 e. The zero-order chi connectivity index (χ0) is 35.3. The summed E-state index contributed by atoms with van der Waals surface area (Å²) in [5.41, 5.74) is 4.55. The number of aromatic hydroxyl groups is 1. The Bertz CT molecular complexity index is 2130. The van der Waals surface area contributed by atoms with Gasteiger partial charge in [-0.3, -0.25) is 4.79 Å². The monoisotopic (exact) mass is 678 g/mol. The van der Waals surface area contributed by atoms with Gasteiger partial charge in [-0.2, -0.15) is 4.31 Å². The highest BCUT2D eigenvalue weighted by Crippen LogP contribution is 2.36. The zero-order valence-electron chi connectivity index (χ0n) is 27.0. The van der Waals surface area contributed by atoms with E-state index in [4.69, 9.17) is 4.74 Å². The number of ether oxygens (including phenoxy) is 1. The summed E-state index contributed by atoms with van der Waals surface area (Å²) in [6, 6.07) is 32.0. The highest BCUT2D eigenvalue weighted by Gasteiger charge is 2.27. The molecule has 0 aliphatic heterocycles. The molecule has 0 radical (unpaired) electrons. The van der Waals surface area contributed by atoms with Crippen molar-refractivity contribution in [2.45, 2.75) is 18.4 Å². The van der Waals surface area contributed by atoms with Gasteiger partial charge in [-0.25, -0.2) is 18.0 Å². The minimum absolute atomic E-state index is 0.0228. The number of esters is 1. The second-order valence-corrected chi connectivity index (χ2v) is 13.4. The van der Waals surface area contributed by atoms with E-state index in [-0.39, 0.29) is 22.7 Å². The molecule has 0 heterocycles. The van der Waals surface area contributed by atoms with Crippen LogP contribution in [0.2, 0.25) is 0 Å². The number of amides is 1. The van der Waals surface area contributed by atoms with Crippen LogP contribution in [-0.4, -0.2) is 61.5 Å². The predicted molar refractivity (Wildman–Crippen MR) is 186 cm³/mol. The number of benzene rings is 5. The van der Waals surface area contributed by atoms with Crippen LogP contribution in [0.15, 0.2) is 120 Å². The maximum absolute atomic E-state index is 14.0. The van der Waals surface area contributed by atoms with Crippen LogP contribution < -0.4 is 4.90 Å². The van der Waals surface area contributed by atoms with Crippen LogP contribution in [0.3, 0.4) is 0 Å². The fraction of sp³-hybridized carbons (Fsp3) is 0.132. The van der Waals surface area contributed by atoms with Crippen LogP contribution >= 0.6 is 0 Å². The lowest BCUT2D eigenvalue weighted by atomic mass is 9.89. The van der Waals surface area contributed by atoms with Crippen LogP contribution in [0, 0.1) is 6.92 Å². The maximum Gasteiger partial charge on any atom is 0.339 e. The summed E-state index contributed by atoms with van der Waals surface area (Å²) < 4.78 is 32.7. The number of anilines is 1. The number of carbonyl (C=O) groups is 3. The lowest BCUT2D eigenvalue weighted by molar-refractivity contribution is -0.118. The quantitative estimate of drug-likeness (QED) is 0.154. The molecule has 0 atom stereocenters. The van der Waals surface area contributed by atoms with Crippen molar-refractivity contribution in [3.05, 3.63) is 138 Å². The Hall–Kier alpha value is -5.78. The number of aryl methyl sites for hydroxylation is 1. The van der Waals surface area contributed by atoms with E-state index in [1.54, 1.807) is 36.4 Å². The molecule has 5 aromatic carbocycles. The van der Waals surface area contributed by atoms with E-state index in [2.05, 4.69) is 0 Å². The van der Waals surface area contributed by atoms with Crippen LogP contribution in [0.25, 0.3) is 22.3 Å². The second kappa shape index (κ2) is 14.5. The lowest BCUT2D eigenvalue weighted by Crippen LogP contribution is -2.41. The molecule has 49 heavy (non-hydrogen) atoms. The molecule has 1 amide bonds. The van der Waals surface area contributed by atoms with Gasteiger partial charge in [0.15, 0.2) is 0 Å². The Kier molecular flexibility index (Phi) is 10.3. The van der Waals surface area contributed by atoms with Crippen LogP contribution in [0.4, 0.5) is 5.69 Å². The topological polar surface area (TPSA) is 142 Å². The molecule has 5 aromatic rings. The molecular weight excluding hydrogens is 644 g/mol. The van der Waals surface area contributed by atoms with Crippen molar-refractivity contribution < 1.29 is 37.8 Å². The first-order valence-corrected chi connectivity index (χ1v) is 16.6. The van der Waals surface area contributed by atoms with Crippen molar-refractivity contribution >= 4 is 33.6 Å². The van der Waals surface area contributed by atoms with Gasteiger partial charge in [0, 0.05) is 24.4 Å². The van der Waals surface area contributed by atoms with Crippen LogP contribution in [-0.2, 0) is 26.1 Å². The molecular formula is C38H34N2O8S. The third-order valence-electron chi connectivity index (χ3n) is 8.02. The van der Waals surface area contributed by atoms with Crippen molar-refractivity contribution in [1.82, 2.24) is 4.31 Å². The number of nitrogens with zero attached hydrogens (tertiary/aromatic N) is 2. The molecule has 0 saturated heterocycles. The first kappa shape index (κ1) is 34.6. The average molecular weight is 679 g/mol. The second-order valence-electron chi connectivity index (χ2n) is 11.3. The summed E-state index contributed by atoms with van der Waals surface area (Å²) >= 11 is 0. The number of hydrogen-bond acceptors (Lipinski definition) is 7. The minimum Gasteiger partial charge on any atom is -0.507 e. The molecule has 2 N–H and O–H groups in total. The predicted octanol–water partition coefficient (Wildman–Crippen LogP) is 6.37. The van der Waals surface area contributed by atoms with Gasteiger partial charge in [0.1, 0.15) is 11.3 Å². The van der Waals surface area contributed by atoms with Gasteiger partial charge < -0.3 is 19.8 Å². The van der Waals surface area contributed by atoms with Gasteiger partial charge in [-0.1, -0.05) is 78.4 Å². The van der Waals surface area contributed by atoms with E-state index < -0.39 is 40.2 Å². The van der Waals surface area contributed by atoms with Crippen LogP contribution in [0.1, 0.15) is 31.8 Å². The Morgan fingerprint density at radius 1 is 0.776 bits per heavy atom. The lowest BCUT2D eigenvalue weighted by Gasteiger charge is -2.26. The number of methoxy groups -OCH3 is 1. The molecule has 5 rings (SSSR count). The summed E-state index contributed by atoms with van der Waals surface area (Å²) in [6.45, 7) is 1.19. The number of phenols is 1. The molecule has 0 aromatic heterocycles. The molecule has 10 nitrogen and oxygen atoms in total. The highest BCUT2D eigenvalue weighted by atomic mass is 32.2. The molecule has 0 saturated carbocycles. The molecule has 0 bridgehead atoms. The number of sulfonamides is 1. The Labute approximate surface area is 284 Å². The van der Waals surface area contributed by atoms with E-state index in [1.807, 2.05) is 55.5 Å². The Balaban J connectivity index is 1.56. The Morgan fingerprint density at radius 2 is 1.45 bits per heavy atom. The first-order valence-electron chi connectivity index (χ1n) is 15.2. The number of carboxylic acid groups (broad SMARTS) is 1. The first-order chi connectivity index (χ1) is 23.4. The van der Waals surface area contributed by atoms with Crippen molar-refractivity contribution in [3.8, 4) is 28.0 Å². The summed E-state index contributed by atoms with van der Waals surface area (Å²) in [5.74, 6) is -3.07. The fourth-order valence-electron chi connectivity index (χ4n) is 5.45. The standard InChI is InChI=1S/C38H34N2O8S/c1-25-15-18-30(19-16-25)49(46,47)39(2)24-35(42)40(29-17-20-32(37(43)44)34(41)22-29)23-26-9-7-12-28(21-26)36-31(27-10-5-4-6-11-27)13-8-14-33(36)38(45)48-3/h4-22,41H,23-24H2,1-3H3,(H,43,44). The van der Waals surface area contributed by atoms with E-state index in [0.29, 0.717) is 22.3 Å². The van der Waals surface area contributed by atoms with E-state index in [9.17, 15) is 33.0 Å². The summed E-state index contributed by atoms with van der Waals surface area (Å²) in [5, 5.41) is 20.0. The van der Waals surface area contributed by atoms with Gasteiger partial charge in [0.05, 0.1) is 30.7 Å². The smallest absolute Gasteiger partial charge is 0.339 e. The fourth-order valence-corrected chi connectivity index (χ4v) is 6.57. The van der Waals surface area contributed by atoms with Crippen LogP contribution in [0.5, 0.6) is 5.75 Å². The van der Waals surface area contributed by atoms with Crippen molar-refractivity contribution in [2.75, 3.05) is 25.6 Å². The van der Waals surface area contributed by atoms with Crippen molar-refractivity contribution in [3.63, 3.8) is 0 Å². The summed E-state index contributed by atoms with van der Waals surface area (Å²) in [7, 11) is -1.43. The third kappa shape index (κ3) is 7.53. The van der Waals surface area contributed by atoms with E-state index in [0.717, 1.165) is 27.1 Å². The number of hydrogen-bond donors (Lipinski definition) is 2. The molecule has 0 spiro atoms. The van der Waals surface area contributed by atoms with Gasteiger partial charge >= 0.3 is 11.9 Å². The zero-order valence-corrected chi connectivity index (χ0v) is 27.8. The molecule has 0 aliphatic rings. The number of likely N-dealkylation sites (N-methyl/N-ethyl adjacent to an activating group) is 1. The number of rotatable bonds is 11. The maximum atomic E-state index is 14.0. The van der Waals surface area contributed by atoms with Crippen molar-refractivity contribution in [2.24, 2.45) is 0 Å². The molecule has 0 unspecified atom stereocenters. The average Bonchev–Trinajstić information content (AvgIpc) is 3.10. The molecule has 0 aliphatic carbocycles. The normalized spacial score (nSPS) is 11.3. The third-order valence-corrected chi connectivity index (χ3v) is 9.84. The molecule has 250 valence electrons. The minimum atomic E-state index is -4.04.